The lowest BCUT2D eigenvalue weighted by Crippen LogP contribution is -2.33. The number of hydrogen-bond acceptors (Lipinski definition) is 2. The van der Waals surface area contributed by atoms with Gasteiger partial charge in [0.05, 0.1) is 6.17 Å². The highest BCUT2D eigenvalue weighted by Crippen LogP contribution is 2.21. The second-order valence-electron chi connectivity index (χ2n) is 8.28. The number of likely N-dealkylation sites (N-methyl/N-ethyl adjacent to an activating group) is 2. The van der Waals surface area contributed by atoms with Gasteiger partial charge in [0.15, 0.2) is 0 Å². The molecule has 1 heterocycles. The maximum atomic E-state index is 2.56. The maximum absolute atomic E-state index is 2.56. The first-order valence-electron chi connectivity index (χ1n) is 11.1. The largest absolute Gasteiger partial charge is 0.290 e. The molecule has 2 unspecified atom stereocenters. The second kappa shape index (κ2) is 14.1. The first kappa shape index (κ1) is 22.0. The van der Waals surface area contributed by atoms with Gasteiger partial charge in [-0.1, -0.05) is 96.8 Å². The average Bonchev–Trinajstić information content (AvgIpc) is 2.82. The van der Waals surface area contributed by atoms with E-state index in [1.165, 1.54) is 103 Å². The molecule has 1 aliphatic rings. The van der Waals surface area contributed by atoms with Gasteiger partial charge in [0.1, 0.15) is 0 Å². The van der Waals surface area contributed by atoms with Crippen molar-refractivity contribution in [2.75, 3.05) is 20.6 Å². The molecular weight excluding hydrogens is 292 g/mol. The second-order valence-corrected chi connectivity index (χ2v) is 8.28. The van der Waals surface area contributed by atoms with Crippen molar-refractivity contribution < 1.29 is 0 Å². The fourth-order valence-electron chi connectivity index (χ4n) is 4.10. The molecule has 2 nitrogen and oxygen atoms in total. The third-order valence-corrected chi connectivity index (χ3v) is 6.19. The van der Waals surface area contributed by atoms with Gasteiger partial charge >= 0.3 is 0 Å². The molecule has 0 aromatic rings. The summed E-state index contributed by atoms with van der Waals surface area (Å²) >= 11 is 0. The van der Waals surface area contributed by atoms with E-state index in [9.17, 15) is 0 Å². The summed E-state index contributed by atoms with van der Waals surface area (Å²) in [4.78, 5) is 5.04. The Morgan fingerprint density at radius 2 is 1.08 bits per heavy atom. The Morgan fingerprint density at radius 3 is 1.46 bits per heavy atom. The van der Waals surface area contributed by atoms with E-state index in [0.717, 1.165) is 6.04 Å². The van der Waals surface area contributed by atoms with Crippen LogP contribution in [0.1, 0.15) is 110 Å². The summed E-state index contributed by atoms with van der Waals surface area (Å²) in [6.45, 7) is 5.88. The summed E-state index contributed by atoms with van der Waals surface area (Å²) in [5, 5.41) is 0. The molecule has 2 heteroatoms. The molecule has 144 valence electrons. The van der Waals surface area contributed by atoms with Crippen molar-refractivity contribution in [1.29, 1.82) is 0 Å². The van der Waals surface area contributed by atoms with E-state index in [-0.39, 0.29) is 0 Å². The van der Waals surface area contributed by atoms with Gasteiger partial charge in [-0.25, -0.2) is 0 Å². The first-order chi connectivity index (χ1) is 11.7. The van der Waals surface area contributed by atoms with E-state index in [1.807, 2.05) is 0 Å². The first-order valence-corrected chi connectivity index (χ1v) is 11.1. The molecule has 0 saturated carbocycles. The summed E-state index contributed by atoms with van der Waals surface area (Å²) < 4.78 is 0. The van der Waals surface area contributed by atoms with Gasteiger partial charge in [0, 0.05) is 12.6 Å². The van der Waals surface area contributed by atoms with Crippen molar-refractivity contribution >= 4 is 0 Å². The fraction of sp³-hybridized carbons (Fsp3) is 1.00. The average molecular weight is 339 g/mol. The van der Waals surface area contributed by atoms with Gasteiger partial charge in [-0.15, -0.1) is 0 Å². The Bertz CT molecular complexity index is 279. The lowest BCUT2D eigenvalue weighted by Gasteiger charge is -2.23. The lowest BCUT2D eigenvalue weighted by atomic mass is 10.0. The zero-order valence-corrected chi connectivity index (χ0v) is 17.4. The third-order valence-electron chi connectivity index (χ3n) is 6.19. The van der Waals surface area contributed by atoms with Crippen LogP contribution in [-0.4, -0.2) is 42.6 Å². The summed E-state index contributed by atoms with van der Waals surface area (Å²) in [6.07, 6.45) is 22.4. The zero-order valence-electron chi connectivity index (χ0n) is 17.4. The summed E-state index contributed by atoms with van der Waals surface area (Å²) in [5.74, 6) is 0. The lowest BCUT2D eigenvalue weighted by molar-refractivity contribution is 0.183. The quantitative estimate of drug-likeness (QED) is 0.317. The molecule has 0 bridgehead atoms. The molecule has 0 aliphatic carbocycles. The third kappa shape index (κ3) is 9.42. The van der Waals surface area contributed by atoms with Gasteiger partial charge in [-0.05, 0) is 27.4 Å². The van der Waals surface area contributed by atoms with Gasteiger partial charge in [0.25, 0.3) is 0 Å². The Balaban J connectivity index is 1.78. The topological polar surface area (TPSA) is 6.48 Å². The predicted octanol–water partition coefficient (Wildman–Crippen LogP) is 6.45. The van der Waals surface area contributed by atoms with Crippen LogP contribution in [0.3, 0.4) is 0 Å². The molecule has 0 aromatic carbocycles. The van der Waals surface area contributed by atoms with Crippen LogP contribution in [0.2, 0.25) is 0 Å². The molecule has 0 aromatic heterocycles. The molecule has 2 atom stereocenters. The number of rotatable bonds is 15. The van der Waals surface area contributed by atoms with Crippen molar-refractivity contribution in [3.63, 3.8) is 0 Å². The minimum absolute atomic E-state index is 0.627. The summed E-state index contributed by atoms with van der Waals surface area (Å²) in [7, 11) is 4.55. The Hall–Kier alpha value is -0.0800. The van der Waals surface area contributed by atoms with Crippen LogP contribution in [0.25, 0.3) is 0 Å². The van der Waals surface area contributed by atoms with Crippen LogP contribution in [0.5, 0.6) is 0 Å². The van der Waals surface area contributed by atoms with Crippen molar-refractivity contribution in [2.45, 2.75) is 122 Å². The highest BCUT2D eigenvalue weighted by atomic mass is 15.4. The molecule has 0 spiro atoms. The van der Waals surface area contributed by atoms with E-state index in [2.05, 4.69) is 37.7 Å². The van der Waals surface area contributed by atoms with Gasteiger partial charge < -0.3 is 0 Å². The Morgan fingerprint density at radius 1 is 0.667 bits per heavy atom. The number of hydrogen-bond donors (Lipinski definition) is 0. The summed E-state index contributed by atoms with van der Waals surface area (Å²) in [5.41, 5.74) is 0. The van der Waals surface area contributed by atoms with E-state index in [4.69, 9.17) is 0 Å². The van der Waals surface area contributed by atoms with E-state index >= 15 is 0 Å². The van der Waals surface area contributed by atoms with Crippen molar-refractivity contribution in [3.05, 3.63) is 0 Å². The SMILES string of the molecule is CCCCCCCCCCCCCCCCC1CN(C)C(C)N1C. The monoisotopic (exact) mass is 338 g/mol. The Labute approximate surface area is 153 Å². The van der Waals surface area contributed by atoms with Crippen LogP contribution >= 0.6 is 0 Å². The molecule has 1 rings (SSSR count). The van der Waals surface area contributed by atoms with Gasteiger partial charge in [-0.3, -0.25) is 9.80 Å². The molecule has 0 radical (unpaired) electrons. The van der Waals surface area contributed by atoms with Gasteiger partial charge in [0.2, 0.25) is 0 Å². The summed E-state index contributed by atoms with van der Waals surface area (Å²) in [6, 6.07) is 0.794. The van der Waals surface area contributed by atoms with Crippen molar-refractivity contribution in [3.8, 4) is 0 Å². The molecule has 1 fully saturated rings. The van der Waals surface area contributed by atoms with Crippen molar-refractivity contribution in [2.24, 2.45) is 0 Å². The van der Waals surface area contributed by atoms with E-state index < -0.39 is 0 Å². The van der Waals surface area contributed by atoms with Crippen LogP contribution in [0.15, 0.2) is 0 Å². The maximum Gasteiger partial charge on any atom is 0.0591 e. The highest BCUT2D eigenvalue weighted by Gasteiger charge is 2.30. The van der Waals surface area contributed by atoms with E-state index in [0.29, 0.717) is 6.17 Å². The smallest absolute Gasteiger partial charge is 0.0591 e. The van der Waals surface area contributed by atoms with Crippen LogP contribution < -0.4 is 0 Å². The number of unbranched alkanes of at least 4 members (excludes halogenated alkanes) is 13. The molecule has 1 saturated heterocycles. The van der Waals surface area contributed by atoms with Crippen LogP contribution in [0.4, 0.5) is 0 Å². The minimum Gasteiger partial charge on any atom is -0.290 e. The molecule has 1 aliphatic heterocycles. The normalized spacial score (nSPS) is 22.5. The van der Waals surface area contributed by atoms with E-state index in [1.54, 1.807) is 0 Å². The Kier molecular flexibility index (Phi) is 12.9. The molecular formula is C22H46N2. The van der Waals surface area contributed by atoms with Crippen LogP contribution in [-0.2, 0) is 0 Å². The molecule has 0 N–H and O–H groups in total. The minimum atomic E-state index is 0.627. The highest BCUT2D eigenvalue weighted by molar-refractivity contribution is 4.83. The molecule has 0 amide bonds. The molecule has 24 heavy (non-hydrogen) atoms. The zero-order chi connectivity index (χ0) is 17.6. The van der Waals surface area contributed by atoms with Crippen LogP contribution in [0, 0.1) is 0 Å². The van der Waals surface area contributed by atoms with Crippen molar-refractivity contribution in [1.82, 2.24) is 9.80 Å². The standard InChI is InChI=1S/C22H46N2/c1-5-6-7-8-9-10-11-12-13-14-15-16-17-18-19-22-20-23(3)21(2)24(22)4/h21-22H,5-20H2,1-4H3. The van der Waals surface area contributed by atoms with Gasteiger partial charge in [-0.2, -0.15) is 0 Å². The fourth-order valence-corrected chi connectivity index (χ4v) is 4.10. The number of nitrogens with zero attached hydrogens (tertiary/aromatic N) is 2. The predicted molar refractivity (Wildman–Crippen MR) is 109 cm³/mol.